The van der Waals surface area contributed by atoms with Gasteiger partial charge in [-0.15, -0.1) is 5.10 Å². The molecule has 0 spiro atoms. The molecule has 0 aromatic heterocycles. The van der Waals surface area contributed by atoms with Gasteiger partial charge < -0.3 is 9.47 Å². The maximum Gasteiger partial charge on any atom is 0.243 e. The molecule has 32 heavy (non-hydrogen) atoms. The number of benzene rings is 4. The minimum absolute atomic E-state index is 0.211. The summed E-state index contributed by atoms with van der Waals surface area (Å²) in [5, 5.41) is 10.3. The van der Waals surface area contributed by atoms with Crippen molar-refractivity contribution in [3.05, 3.63) is 88.4 Å². The highest BCUT2D eigenvalue weighted by Gasteiger charge is 2.36. The number of nitrogens with zero attached hydrogens (tertiary/aromatic N) is 2. The first-order valence-electron chi connectivity index (χ1n) is 10.4. The van der Waals surface area contributed by atoms with Crippen molar-refractivity contribution in [2.24, 2.45) is 5.10 Å². The van der Waals surface area contributed by atoms with Crippen LogP contribution < -0.4 is 4.74 Å². The van der Waals surface area contributed by atoms with Gasteiger partial charge in [-0.1, -0.05) is 64.5 Å². The van der Waals surface area contributed by atoms with E-state index in [1.54, 1.807) is 0 Å². The first-order valence-corrected chi connectivity index (χ1v) is 11.2. The van der Waals surface area contributed by atoms with Crippen LogP contribution >= 0.6 is 15.9 Å². The Labute approximate surface area is 194 Å². The number of rotatable bonds is 4. The van der Waals surface area contributed by atoms with Gasteiger partial charge in [0.15, 0.2) is 0 Å². The van der Waals surface area contributed by atoms with E-state index in [0.29, 0.717) is 18.3 Å². The highest BCUT2D eigenvalue weighted by atomic mass is 79.9. The number of carbonyl (C=O) groups is 1. The summed E-state index contributed by atoms with van der Waals surface area (Å²) in [6, 6.07) is 24.1. The molecule has 1 aliphatic heterocycles. The topological polar surface area (TPSA) is 51.1 Å². The van der Waals surface area contributed by atoms with E-state index in [4.69, 9.17) is 9.47 Å². The van der Waals surface area contributed by atoms with Crippen LogP contribution in [0.2, 0.25) is 0 Å². The highest BCUT2D eigenvalue weighted by molar-refractivity contribution is 9.10. The van der Waals surface area contributed by atoms with Crippen molar-refractivity contribution in [3.63, 3.8) is 0 Å². The van der Waals surface area contributed by atoms with Crippen LogP contribution in [0.15, 0.2) is 82.4 Å². The van der Waals surface area contributed by atoms with E-state index in [2.05, 4.69) is 51.4 Å². The smallest absolute Gasteiger partial charge is 0.243 e. The van der Waals surface area contributed by atoms with Crippen molar-refractivity contribution in [2.75, 3.05) is 6.61 Å². The summed E-state index contributed by atoms with van der Waals surface area (Å²) in [6.45, 7) is 3.92. The summed E-state index contributed by atoms with van der Waals surface area (Å²) >= 11 is 3.52. The SMILES string of the molecule is CCOc1ccc(Br)cc1[C@H]1OC(c2c3ccccc3cc3ccccc23)=NN1C(C)=O. The van der Waals surface area contributed by atoms with Gasteiger partial charge in [0.05, 0.1) is 17.7 Å². The van der Waals surface area contributed by atoms with Crippen LogP contribution in [0.25, 0.3) is 21.5 Å². The summed E-state index contributed by atoms with van der Waals surface area (Å²) in [5.41, 5.74) is 1.61. The molecule has 1 aliphatic rings. The molecule has 1 amide bonds. The van der Waals surface area contributed by atoms with Gasteiger partial charge in [0.25, 0.3) is 0 Å². The lowest BCUT2D eigenvalue weighted by Crippen LogP contribution is -2.25. The van der Waals surface area contributed by atoms with Gasteiger partial charge in [0.1, 0.15) is 5.75 Å². The van der Waals surface area contributed by atoms with E-state index >= 15 is 0 Å². The summed E-state index contributed by atoms with van der Waals surface area (Å²) in [7, 11) is 0. The molecule has 4 aromatic rings. The molecule has 0 radical (unpaired) electrons. The summed E-state index contributed by atoms with van der Waals surface area (Å²) < 4.78 is 13.1. The minimum atomic E-state index is -0.723. The molecule has 5 nitrogen and oxygen atoms in total. The Hall–Kier alpha value is -3.38. The number of fused-ring (bicyclic) bond motifs is 2. The predicted molar refractivity (Wildman–Crippen MR) is 130 cm³/mol. The third-order valence-electron chi connectivity index (χ3n) is 5.49. The van der Waals surface area contributed by atoms with Gasteiger partial charge in [0, 0.05) is 11.4 Å². The van der Waals surface area contributed by atoms with Crippen molar-refractivity contribution in [1.82, 2.24) is 5.01 Å². The normalized spacial score (nSPS) is 15.7. The van der Waals surface area contributed by atoms with Crippen LogP contribution in [0.1, 0.15) is 31.2 Å². The van der Waals surface area contributed by atoms with Gasteiger partial charge in [-0.3, -0.25) is 4.79 Å². The molecular weight excluding hydrogens is 468 g/mol. The van der Waals surface area contributed by atoms with Gasteiger partial charge in [-0.25, -0.2) is 0 Å². The molecule has 4 aromatic carbocycles. The largest absolute Gasteiger partial charge is 0.493 e. The van der Waals surface area contributed by atoms with Crippen molar-refractivity contribution in [3.8, 4) is 5.75 Å². The Kier molecular flexibility index (Phi) is 5.31. The molecule has 6 heteroatoms. The quantitative estimate of drug-likeness (QED) is 0.312. The maximum atomic E-state index is 12.6. The number of hydrogen-bond acceptors (Lipinski definition) is 4. The first-order chi connectivity index (χ1) is 15.6. The van der Waals surface area contributed by atoms with Crippen LogP contribution in [-0.4, -0.2) is 23.4 Å². The zero-order valence-corrected chi connectivity index (χ0v) is 19.3. The predicted octanol–water partition coefficient (Wildman–Crippen LogP) is 6.39. The standard InChI is InChI=1S/C26H21BrN2O3/c1-3-31-23-13-12-19(27)15-22(23)26-29(16(2)30)28-25(32-26)24-20-10-6-4-8-17(20)14-18-9-5-7-11-21(18)24/h4-15,26H,3H2,1-2H3/t26-/m1/s1. The van der Waals surface area contributed by atoms with E-state index in [1.165, 1.54) is 11.9 Å². The van der Waals surface area contributed by atoms with Crippen molar-refractivity contribution < 1.29 is 14.3 Å². The number of ether oxygens (including phenoxy) is 2. The van der Waals surface area contributed by atoms with Crippen LogP contribution in [-0.2, 0) is 9.53 Å². The fourth-order valence-electron chi connectivity index (χ4n) is 4.11. The van der Waals surface area contributed by atoms with Crippen molar-refractivity contribution >= 4 is 49.3 Å². The van der Waals surface area contributed by atoms with E-state index in [1.807, 2.05) is 49.4 Å². The van der Waals surface area contributed by atoms with E-state index in [9.17, 15) is 4.79 Å². The average molecular weight is 489 g/mol. The number of carbonyl (C=O) groups excluding carboxylic acids is 1. The second kappa shape index (κ2) is 8.28. The Bertz CT molecular complexity index is 1330. The molecule has 5 rings (SSSR count). The number of amides is 1. The zero-order valence-electron chi connectivity index (χ0n) is 17.7. The molecule has 0 N–H and O–H groups in total. The van der Waals surface area contributed by atoms with Crippen LogP contribution in [0.3, 0.4) is 0 Å². The molecule has 0 saturated carbocycles. The molecule has 0 unspecified atom stereocenters. The van der Waals surface area contributed by atoms with Gasteiger partial charge in [0.2, 0.25) is 18.0 Å². The van der Waals surface area contributed by atoms with Gasteiger partial charge in [-0.2, -0.15) is 5.01 Å². The van der Waals surface area contributed by atoms with Gasteiger partial charge >= 0.3 is 0 Å². The molecular formula is C26H21BrN2O3. The molecule has 1 heterocycles. The lowest BCUT2D eigenvalue weighted by molar-refractivity contribution is -0.135. The lowest BCUT2D eigenvalue weighted by atomic mass is 9.96. The van der Waals surface area contributed by atoms with Crippen LogP contribution in [0.5, 0.6) is 5.75 Å². The molecule has 0 aliphatic carbocycles. The number of halogens is 1. The molecule has 0 fully saturated rings. The van der Waals surface area contributed by atoms with Gasteiger partial charge in [-0.05, 0) is 52.7 Å². The van der Waals surface area contributed by atoms with Crippen molar-refractivity contribution in [2.45, 2.75) is 20.1 Å². The maximum absolute atomic E-state index is 12.6. The van der Waals surface area contributed by atoms with Crippen LogP contribution in [0, 0.1) is 0 Å². The summed E-state index contributed by atoms with van der Waals surface area (Å²) in [4.78, 5) is 12.6. The second-order valence-corrected chi connectivity index (χ2v) is 8.46. The summed E-state index contributed by atoms with van der Waals surface area (Å²) in [5.74, 6) is 0.865. The second-order valence-electron chi connectivity index (χ2n) is 7.55. The zero-order chi connectivity index (χ0) is 22.2. The lowest BCUT2D eigenvalue weighted by Gasteiger charge is -2.22. The Balaban J connectivity index is 1.70. The van der Waals surface area contributed by atoms with Crippen molar-refractivity contribution in [1.29, 1.82) is 0 Å². The number of hydrazone groups is 1. The van der Waals surface area contributed by atoms with E-state index in [-0.39, 0.29) is 5.91 Å². The van der Waals surface area contributed by atoms with E-state index in [0.717, 1.165) is 37.1 Å². The third-order valence-corrected chi connectivity index (χ3v) is 5.98. The molecule has 0 bridgehead atoms. The third kappa shape index (κ3) is 3.50. The Morgan fingerprint density at radius 1 is 1.03 bits per heavy atom. The Morgan fingerprint density at radius 2 is 1.69 bits per heavy atom. The average Bonchev–Trinajstić information content (AvgIpc) is 3.24. The fraction of sp³-hybridized carbons (Fsp3) is 0.154. The van der Waals surface area contributed by atoms with Crippen LogP contribution in [0.4, 0.5) is 0 Å². The molecule has 0 saturated heterocycles. The Morgan fingerprint density at radius 3 is 2.31 bits per heavy atom. The minimum Gasteiger partial charge on any atom is -0.493 e. The summed E-state index contributed by atoms with van der Waals surface area (Å²) in [6.07, 6.45) is -0.723. The number of hydrogen-bond donors (Lipinski definition) is 0. The molecule has 1 atom stereocenters. The molecule has 160 valence electrons. The first kappa shape index (κ1) is 20.5. The highest BCUT2D eigenvalue weighted by Crippen LogP contribution is 2.39. The monoisotopic (exact) mass is 488 g/mol. The van der Waals surface area contributed by atoms with E-state index < -0.39 is 6.23 Å². The fourth-order valence-corrected chi connectivity index (χ4v) is 4.49.